The molecule has 0 radical (unpaired) electrons. The van der Waals surface area contributed by atoms with Gasteiger partial charge in [0.05, 0.1) is 0 Å². The first kappa shape index (κ1) is 9.92. The van der Waals surface area contributed by atoms with Crippen LogP contribution in [0.4, 0.5) is 0 Å². The Morgan fingerprint density at radius 3 is 2.33 bits per heavy atom. The lowest BCUT2D eigenvalue weighted by Crippen LogP contribution is -1.81. The van der Waals surface area contributed by atoms with Crippen molar-refractivity contribution in [3.8, 4) is 0 Å². The van der Waals surface area contributed by atoms with E-state index in [4.69, 9.17) is 16.0 Å². The van der Waals surface area contributed by atoms with Gasteiger partial charge < -0.3 is 4.42 Å². The van der Waals surface area contributed by atoms with Gasteiger partial charge in [0.1, 0.15) is 16.3 Å². The van der Waals surface area contributed by atoms with Crippen LogP contribution in [0.2, 0.25) is 5.15 Å². The molecule has 0 atom stereocenters. The maximum atomic E-state index is 6.24. The van der Waals surface area contributed by atoms with E-state index in [0.29, 0.717) is 5.15 Å². The number of fused-ring (bicyclic) bond motifs is 5. The van der Waals surface area contributed by atoms with Gasteiger partial charge in [-0.2, -0.15) is 0 Å². The highest BCUT2D eigenvalue weighted by atomic mass is 35.5. The van der Waals surface area contributed by atoms with Gasteiger partial charge in [0, 0.05) is 16.2 Å². The number of hydrogen-bond acceptors (Lipinski definition) is 2. The Kier molecular flexibility index (Phi) is 1.91. The Morgan fingerprint density at radius 2 is 1.50 bits per heavy atom. The molecule has 0 N–H and O–H groups in total. The van der Waals surface area contributed by atoms with Gasteiger partial charge in [-0.15, -0.1) is 0 Å². The van der Waals surface area contributed by atoms with E-state index < -0.39 is 0 Å². The van der Waals surface area contributed by atoms with Crippen LogP contribution in [-0.4, -0.2) is 4.98 Å². The maximum Gasteiger partial charge on any atom is 0.161 e. The van der Waals surface area contributed by atoms with E-state index in [0.717, 1.165) is 32.8 Å². The number of para-hydroxylation sites is 1. The summed E-state index contributed by atoms with van der Waals surface area (Å²) in [6.45, 7) is 0. The monoisotopic (exact) mass is 253 g/mol. The summed E-state index contributed by atoms with van der Waals surface area (Å²) in [5.41, 5.74) is 2.47. The van der Waals surface area contributed by atoms with Crippen LogP contribution in [0.3, 0.4) is 0 Å². The van der Waals surface area contributed by atoms with Crippen LogP contribution < -0.4 is 0 Å². The molecular weight excluding hydrogens is 246 g/mol. The molecule has 0 bridgehead atoms. The van der Waals surface area contributed by atoms with Gasteiger partial charge in [0.25, 0.3) is 0 Å². The molecule has 0 saturated heterocycles. The van der Waals surface area contributed by atoms with E-state index in [1.165, 1.54) is 0 Å². The Labute approximate surface area is 108 Å². The number of hydrogen-bond donors (Lipinski definition) is 0. The SMILES string of the molecule is Clc1nc2c3ccccc3oc2c2ccccc12. The van der Waals surface area contributed by atoms with Crippen molar-refractivity contribution in [1.29, 1.82) is 0 Å². The van der Waals surface area contributed by atoms with Gasteiger partial charge in [-0.3, -0.25) is 0 Å². The van der Waals surface area contributed by atoms with E-state index >= 15 is 0 Å². The number of benzene rings is 2. The molecule has 86 valence electrons. The quantitative estimate of drug-likeness (QED) is 0.421. The summed E-state index contributed by atoms with van der Waals surface area (Å²) in [6.07, 6.45) is 0. The summed E-state index contributed by atoms with van der Waals surface area (Å²) in [4.78, 5) is 4.46. The lowest BCUT2D eigenvalue weighted by molar-refractivity contribution is 0.672. The number of pyridine rings is 1. The van der Waals surface area contributed by atoms with Gasteiger partial charge in [0.15, 0.2) is 5.58 Å². The topological polar surface area (TPSA) is 26.0 Å². The van der Waals surface area contributed by atoms with Crippen molar-refractivity contribution >= 4 is 44.4 Å². The first-order chi connectivity index (χ1) is 8.84. The first-order valence-electron chi connectivity index (χ1n) is 5.70. The molecule has 4 aromatic rings. The van der Waals surface area contributed by atoms with Crippen molar-refractivity contribution in [1.82, 2.24) is 4.98 Å². The molecule has 0 fully saturated rings. The zero-order valence-corrected chi connectivity index (χ0v) is 10.1. The van der Waals surface area contributed by atoms with Crippen molar-refractivity contribution in [3.05, 3.63) is 53.7 Å². The summed E-state index contributed by atoms with van der Waals surface area (Å²) < 4.78 is 5.90. The third kappa shape index (κ3) is 1.21. The van der Waals surface area contributed by atoms with Crippen LogP contribution in [-0.2, 0) is 0 Å². The van der Waals surface area contributed by atoms with Gasteiger partial charge >= 0.3 is 0 Å². The standard InChI is InChI=1S/C15H8ClNO/c16-15-10-6-2-1-5-9(10)14-13(17-15)11-7-3-4-8-12(11)18-14/h1-8H. The Morgan fingerprint density at radius 1 is 0.833 bits per heavy atom. The number of furan rings is 1. The molecule has 0 unspecified atom stereocenters. The van der Waals surface area contributed by atoms with Gasteiger partial charge in [0.2, 0.25) is 0 Å². The van der Waals surface area contributed by atoms with Crippen LogP contribution in [0, 0.1) is 0 Å². The van der Waals surface area contributed by atoms with Gasteiger partial charge in [-0.1, -0.05) is 48.0 Å². The molecule has 0 aliphatic heterocycles. The fourth-order valence-electron chi connectivity index (χ4n) is 2.34. The number of halogens is 1. The first-order valence-corrected chi connectivity index (χ1v) is 6.08. The Hall–Kier alpha value is -2.06. The van der Waals surface area contributed by atoms with Crippen molar-refractivity contribution in [3.63, 3.8) is 0 Å². The van der Waals surface area contributed by atoms with Crippen LogP contribution in [0.5, 0.6) is 0 Å². The molecular formula is C15H8ClNO. The molecule has 0 aliphatic carbocycles. The summed E-state index contributed by atoms with van der Waals surface area (Å²) >= 11 is 6.24. The molecule has 2 aromatic heterocycles. The Bertz CT molecular complexity index is 895. The predicted octanol–water partition coefficient (Wildman–Crippen LogP) is 4.79. The predicted molar refractivity (Wildman–Crippen MR) is 74.0 cm³/mol. The van der Waals surface area contributed by atoms with Crippen LogP contribution in [0.15, 0.2) is 52.9 Å². The average Bonchev–Trinajstić information content (AvgIpc) is 2.78. The zero-order valence-electron chi connectivity index (χ0n) is 9.35. The van der Waals surface area contributed by atoms with Crippen LogP contribution >= 0.6 is 11.6 Å². The minimum Gasteiger partial charge on any atom is -0.454 e. The minimum atomic E-state index is 0.518. The maximum absolute atomic E-state index is 6.24. The van der Waals surface area contributed by atoms with Crippen molar-refractivity contribution < 1.29 is 4.42 Å². The van der Waals surface area contributed by atoms with E-state index in [-0.39, 0.29) is 0 Å². The third-order valence-corrected chi connectivity index (χ3v) is 3.46. The molecule has 18 heavy (non-hydrogen) atoms. The van der Waals surface area contributed by atoms with Gasteiger partial charge in [-0.05, 0) is 12.1 Å². The molecule has 0 saturated carbocycles. The number of nitrogens with zero attached hydrogens (tertiary/aromatic N) is 1. The second kappa shape index (κ2) is 3.47. The van der Waals surface area contributed by atoms with Crippen molar-refractivity contribution in [2.45, 2.75) is 0 Å². The fraction of sp³-hybridized carbons (Fsp3) is 0. The summed E-state index contributed by atoms with van der Waals surface area (Å²) in [5, 5.41) is 3.44. The third-order valence-electron chi connectivity index (χ3n) is 3.17. The van der Waals surface area contributed by atoms with Crippen LogP contribution in [0.25, 0.3) is 32.8 Å². The van der Waals surface area contributed by atoms with Crippen molar-refractivity contribution in [2.24, 2.45) is 0 Å². The molecule has 0 spiro atoms. The lowest BCUT2D eigenvalue weighted by Gasteiger charge is -1.99. The fourth-order valence-corrected chi connectivity index (χ4v) is 2.59. The highest BCUT2D eigenvalue weighted by molar-refractivity contribution is 6.36. The molecule has 0 aliphatic rings. The highest BCUT2D eigenvalue weighted by Crippen LogP contribution is 2.34. The van der Waals surface area contributed by atoms with E-state index in [1.807, 2.05) is 48.5 Å². The average molecular weight is 254 g/mol. The number of rotatable bonds is 0. The second-order valence-electron chi connectivity index (χ2n) is 4.22. The van der Waals surface area contributed by atoms with E-state index in [9.17, 15) is 0 Å². The molecule has 2 heterocycles. The van der Waals surface area contributed by atoms with E-state index in [1.54, 1.807) is 0 Å². The highest BCUT2D eigenvalue weighted by Gasteiger charge is 2.13. The normalized spacial score (nSPS) is 11.6. The zero-order chi connectivity index (χ0) is 12.1. The summed E-state index contributed by atoms with van der Waals surface area (Å²) in [7, 11) is 0. The smallest absolute Gasteiger partial charge is 0.161 e. The number of aromatic nitrogens is 1. The van der Waals surface area contributed by atoms with Crippen molar-refractivity contribution in [2.75, 3.05) is 0 Å². The molecule has 3 heteroatoms. The molecule has 2 nitrogen and oxygen atoms in total. The molecule has 2 aromatic carbocycles. The van der Waals surface area contributed by atoms with Crippen LogP contribution in [0.1, 0.15) is 0 Å². The minimum absolute atomic E-state index is 0.518. The van der Waals surface area contributed by atoms with Gasteiger partial charge in [-0.25, -0.2) is 4.98 Å². The second-order valence-corrected chi connectivity index (χ2v) is 4.58. The Balaban J connectivity index is 2.36. The summed E-state index contributed by atoms with van der Waals surface area (Å²) in [5.74, 6) is 0. The largest absolute Gasteiger partial charge is 0.454 e. The molecule has 4 rings (SSSR count). The lowest BCUT2D eigenvalue weighted by atomic mass is 10.1. The summed E-state index contributed by atoms with van der Waals surface area (Å²) in [6, 6.07) is 15.8. The molecule has 0 amide bonds. The van der Waals surface area contributed by atoms with E-state index in [2.05, 4.69) is 4.98 Å².